The summed E-state index contributed by atoms with van der Waals surface area (Å²) in [7, 11) is -1.23. The third-order valence-corrected chi connectivity index (χ3v) is 6.64. The Morgan fingerprint density at radius 3 is 2.18 bits per heavy atom. The maximum atomic E-state index is 6.16. The van der Waals surface area contributed by atoms with Crippen molar-refractivity contribution in [2.45, 2.75) is 51.2 Å². The Labute approximate surface area is 106 Å². The van der Waals surface area contributed by atoms with E-state index in [4.69, 9.17) is 9.47 Å². The van der Waals surface area contributed by atoms with Crippen molar-refractivity contribution >= 4 is 8.07 Å². The zero-order chi connectivity index (χ0) is 12.9. The van der Waals surface area contributed by atoms with Gasteiger partial charge in [0.05, 0.1) is 21.3 Å². The van der Waals surface area contributed by atoms with Crippen molar-refractivity contribution in [1.82, 2.24) is 0 Å². The van der Waals surface area contributed by atoms with Crippen LogP contribution in [0.1, 0.15) is 20.3 Å². The minimum Gasteiger partial charge on any atom is -0.349 e. The molecular weight excluding hydrogens is 228 g/mol. The first-order valence-corrected chi connectivity index (χ1v) is 10.2. The Hall–Kier alpha value is -0.123. The van der Waals surface area contributed by atoms with Crippen LogP contribution < -0.4 is 0 Å². The maximum absolute atomic E-state index is 6.16. The Morgan fingerprint density at radius 1 is 1.24 bits per heavy atom. The summed E-state index contributed by atoms with van der Waals surface area (Å²) in [6.45, 7) is 17.2. The second kappa shape index (κ2) is 3.94. The van der Waals surface area contributed by atoms with Crippen LogP contribution in [0.15, 0.2) is 12.7 Å². The summed E-state index contributed by atoms with van der Waals surface area (Å²) in [5, 5.41) is 0. The smallest absolute Gasteiger partial charge is 0.172 e. The molecule has 1 spiro atoms. The highest BCUT2D eigenvalue weighted by atomic mass is 28.3. The highest BCUT2D eigenvalue weighted by Crippen LogP contribution is 2.67. The fourth-order valence-corrected chi connectivity index (χ4v) is 6.25. The zero-order valence-electron chi connectivity index (χ0n) is 11.9. The summed E-state index contributed by atoms with van der Waals surface area (Å²) in [4.78, 5) is 0. The zero-order valence-corrected chi connectivity index (χ0v) is 12.9. The molecule has 2 aliphatic rings. The SMILES string of the molecule is C=CCC1C([Si](C)(C)C)C12OCC(C)(C)CO2. The second-order valence-corrected chi connectivity index (χ2v) is 12.8. The van der Waals surface area contributed by atoms with Crippen LogP contribution in [-0.4, -0.2) is 27.1 Å². The van der Waals surface area contributed by atoms with E-state index >= 15 is 0 Å². The van der Waals surface area contributed by atoms with Gasteiger partial charge in [-0.05, 0) is 6.42 Å². The van der Waals surface area contributed by atoms with E-state index in [0.29, 0.717) is 11.5 Å². The first-order valence-electron chi connectivity index (χ1n) is 6.62. The van der Waals surface area contributed by atoms with E-state index in [2.05, 4.69) is 40.1 Å². The minimum absolute atomic E-state index is 0.163. The molecule has 1 heterocycles. The third-order valence-electron chi connectivity index (χ3n) is 3.97. The van der Waals surface area contributed by atoms with E-state index in [1.807, 2.05) is 6.08 Å². The fourth-order valence-electron chi connectivity index (χ4n) is 3.19. The van der Waals surface area contributed by atoms with Gasteiger partial charge in [-0.15, -0.1) is 6.58 Å². The van der Waals surface area contributed by atoms with E-state index < -0.39 is 8.07 Å². The van der Waals surface area contributed by atoms with Gasteiger partial charge in [-0.3, -0.25) is 0 Å². The standard InChI is InChI=1S/C14H26O2Si/c1-7-8-11-12(17(4,5)6)14(11)15-9-13(2,3)10-16-14/h7,11-12H,1,8-10H2,2-6H3. The molecule has 0 amide bonds. The van der Waals surface area contributed by atoms with Crippen LogP contribution in [0, 0.1) is 11.3 Å². The summed E-state index contributed by atoms with van der Waals surface area (Å²) in [6, 6.07) is 0. The molecule has 0 N–H and O–H groups in total. The summed E-state index contributed by atoms with van der Waals surface area (Å²) in [5.74, 6) is 0.288. The lowest BCUT2D eigenvalue weighted by Gasteiger charge is -2.37. The molecule has 0 aromatic heterocycles. The van der Waals surface area contributed by atoms with E-state index in [-0.39, 0.29) is 11.2 Å². The number of rotatable bonds is 3. The van der Waals surface area contributed by atoms with Crippen LogP contribution >= 0.6 is 0 Å². The van der Waals surface area contributed by atoms with Gasteiger partial charge < -0.3 is 9.47 Å². The van der Waals surface area contributed by atoms with E-state index in [9.17, 15) is 0 Å². The van der Waals surface area contributed by atoms with Crippen molar-refractivity contribution in [3.05, 3.63) is 12.7 Å². The molecule has 3 heteroatoms. The fraction of sp³-hybridized carbons (Fsp3) is 0.857. The van der Waals surface area contributed by atoms with Crippen LogP contribution in [0.25, 0.3) is 0 Å². The van der Waals surface area contributed by atoms with Gasteiger partial charge in [0.25, 0.3) is 0 Å². The van der Waals surface area contributed by atoms with Gasteiger partial charge in [0.15, 0.2) is 5.79 Å². The monoisotopic (exact) mass is 254 g/mol. The largest absolute Gasteiger partial charge is 0.349 e. The molecule has 1 saturated carbocycles. The third kappa shape index (κ3) is 2.25. The van der Waals surface area contributed by atoms with Gasteiger partial charge >= 0.3 is 0 Å². The highest BCUT2D eigenvalue weighted by Gasteiger charge is 2.72. The molecule has 0 radical (unpaired) electrons. The average molecular weight is 254 g/mol. The molecule has 17 heavy (non-hydrogen) atoms. The van der Waals surface area contributed by atoms with Gasteiger partial charge in [-0.1, -0.05) is 39.6 Å². The average Bonchev–Trinajstić information content (AvgIpc) is 2.80. The van der Waals surface area contributed by atoms with E-state index in [1.165, 1.54) is 0 Å². The highest BCUT2D eigenvalue weighted by molar-refractivity contribution is 6.78. The maximum Gasteiger partial charge on any atom is 0.172 e. The van der Waals surface area contributed by atoms with Crippen LogP contribution in [0.5, 0.6) is 0 Å². The molecule has 1 aliphatic carbocycles. The van der Waals surface area contributed by atoms with Crippen LogP contribution in [-0.2, 0) is 9.47 Å². The Kier molecular flexibility index (Phi) is 3.08. The quantitative estimate of drug-likeness (QED) is 0.565. The summed E-state index contributed by atoms with van der Waals surface area (Å²) >= 11 is 0. The van der Waals surface area contributed by atoms with Crippen LogP contribution in [0.3, 0.4) is 0 Å². The van der Waals surface area contributed by atoms with Gasteiger partial charge in [-0.25, -0.2) is 0 Å². The molecule has 1 saturated heterocycles. The first-order chi connectivity index (χ1) is 7.73. The topological polar surface area (TPSA) is 18.5 Å². The lowest BCUT2D eigenvalue weighted by atomic mass is 9.95. The van der Waals surface area contributed by atoms with E-state index in [0.717, 1.165) is 19.6 Å². The molecule has 2 rings (SSSR count). The van der Waals surface area contributed by atoms with Crippen molar-refractivity contribution in [2.75, 3.05) is 13.2 Å². The number of ether oxygens (including phenoxy) is 2. The van der Waals surface area contributed by atoms with Crippen molar-refractivity contribution < 1.29 is 9.47 Å². The van der Waals surface area contributed by atoms with E-state index in [1.54, 1.807) is 0 Å². The summed E-state index contributed by atoms with van der Waals surface area (Å²) < 4.78 is 12.3. The molecular formula is C14H26O2Si. The number of hydrogen-bond acceptors (Lipinski definition) is 2. The predicted molar refractivity (Wildman–Crippen MR) is 73.8 cm³/mol. The Bertz CT molecular complexity index is 307. The van der Waals surface area contributed by atoms with Crippen LogP contribution in [0.2, 0.25) is 25.2 Å². The van der Waals surface area contributed by atoms with Gasteiger partial charge in [0, 0.05) is 16.9 Å². The van der Waals surface area contributed by atoms with Gasteiger partial charge in [0.1, 0.15) is 0 Å². The minimum atomic E-state index is -1.23. The van der Waals surface area contributed by atoms with Crippen LogP contribution in [0.4, 0.5) is 0 Å². The second-order valence-electron chi connectivity index (χ2n) is 7.44. The molecule has 0 aromatic carbocycles. The predicted octanol–water partition coefficient (Wildman–Crippen LogP) is 3.67. The van der Waals surface area contributed by atoms with Crippen molar-refractivity contribution in [3.8, 4) is 0 Å². The Morgan fingerprint density at radius 2 is 1.76 bits per heavy atom. The van der Waals surface area contributed by atoms with Crippen molar-refractivity contribution in [3.63, 3.8) is 0 Å². The molecule has 2 nitrogen and oxygen atoms in total. The molecule has 2 fully saturated rings. The summed E-state index contributed by atoms with van der Waals surface area (Å²) in [5.41, 5.74) is 0.792. The van der Waals surface area contributed by atoms with Crippen molar-refractivity contribution in [2.24, 2.45) is 11.3 Å². The molecule has 2 unspecified atom stereocenters. The van der Waals surface area contributed by atoms with Crippen molar-refractivity contribution in [1.29, 1.82) is 0 Å². The number of allylic oxidation sites excluding steroid dienone is 1. The lowest BCUT2D eigenvalue weighted by Crippen LogP contribution is -2.42. The Balaban J connectivity index is 2.12. The van der Waals surface area contributed by atoms with Gasteiger partial charge in [0.2, 0.25) is 0 Å². The molecule has 0 aromatic rings. The first kappa shape index (κ1) is 13.3. The molecule has 2 atom stereocenters. The normalized spacial score (nSPS) is 34.6. The molecule has 98 valence electrons. The number of hydrogen-bond donors (Lipinski definition) is 0. The van der Waals surface area contributed by atoms with Gasteiger partial charge in [-0.2, -0.15) is 0 Å². The molecule has 1 aliphatic heterocycles. The lowest BCUT2D eigenvalue weighted by molar-refractivity contribution is -0.250. The molecule has 0 bridgehead atoms. The summed E-state index contributed by atoms with van der Waals surface area (Å²) in [6.07, 6.45) is 3.04.